The first-order valence-electron chi connectivity index (χ1n) is 6.61. The van der Waals surface area contributed by atoms with E-state index in [2.05, 4.69) is 27.8 Å². The van der Waals surface area contributed by atoms with Gasteiger partial charge in [-0.1, -0.05) is 42.1 Å². The summed E-state index contributed by atoms with van der Waals surface area (Å²) in [5.74, 6) is 1.38. The van der Waals surface area contributed by atoms with Crippen molar-refractivity contribution in [3.8, 4) is 0 Å². The Morgan fingerprint density at radius 1 is 1.19 bits per heavy atom. The fourth-order valence-corrected chi connectivity index (χ4v) is 3.30. The molecule has 1 aliphatic heterocycles. The predicted octanol–water partition coefficient (Wildman–Crippen LogP) is 3.20. The van der Waals surface area contributed by atoms with Crippen molar-refractivity contribution in [2.75, 3.05) is 13.1 Å². The Bertz CT molecular complexity index is 250. The second kappa shape index (κ2) is 5.52. The molecule has 2 aliphatic rings. The van der Waals surface area contributed by atoms with Crippen LogP contribution >= 0.6 is 15.9 Å². The zero-order chi connectivity index (χ0) is 11.5. The van der Waals surface area contributed by atoms with E-state index >= 15 is 0 Å². The molecule has 0 N–H and O–H groups in total. The topological polar surface area (TPSA) is 20.3 Å². The summed E-state index contributed by atoms with van der Waals surface area (Å²) >= 11 is 3.69. The molecule has 92 valence electrons. The number of hydrogen-bond donors (Lipinski definition) is 0. The minimum Gasteiger partial charge on any atom is -0.342 e. The van der Waals surface area contributed by atoms with E-state index in [1.165, 1.54) is 19.3 Å². The monoisotopic (exact) mass is 287 g/mol. The van der Waals surface area contributed by atoms with Gasteiger partial charge in [0.05, 0.1) is 0 Å². The fraction of sp³-hybridized carbons (Fsp3) is 0.923. The molecule has 1 aliphatic carbocycles. The molecule has 1 amide bonds. The average Bonchev–Trinajstić information content (AvgIpc) is 2.33. The highest BCUT2D eigenvalue weighted by molar-refractivity contribution is 9.09. The van der Waals surface area contributed by atoms with Crippen LogP contribution < -0.4 is 0 Å². The van der Waals surface area contributed by atoms with Gasteiger partial charge in [-0.15, -0.1) is 0 Å². The van der Waals surface area contributed by atoms with Crippen LogP contribution in [0.25, 0.3) is 0 Å². The Hall–Kier alpha value is -0.0500. The Morgan fingerprint density at radius 2 is 1.88 bits per heavy atom. The Kier molecular flexibility index (Phi) is 4.28. The van der Waals surface area contributed by atoms with Crippen molar-refractivity contribution >= 4 is 21.8 Å². The van der Waals surface area contributed by atoms with E-state index in [0.717, 1.165) is 32.4 Å². The molecule has 0 aromatic heterocycles. The highest BCUT2D eigenvalue weighted by Crippen LogP contribution is 2.29. The maximum atomic E-state index is 12.3. The van der Waals surface area contributed by atoms with E-state index in [9.17, 15) is 4.79 Å². The maximum absolute atomic E-state index is 12.3. The third-order valence-corrected chi connectivity index (χ3v) is 5.43. The van der Waals surface area contributed by atoms with Gasteiger partial charge in [-0.3, -0.25) is 4.79 Å². The highest BCUT2D eigenvalue weighted by Gasteiger charge is 2.31. The van der Waals surface area contributed by atoms with Crippen LogP contribution in [0.2, 0.25) is 0 Å². The van der Waals surface area contributed by atoms with Crippen molar-refractivity contribution in [3.63, 3.8) is 0 Å². The summed E-state index contributed by atoms with van der Waals surface area (Å²) in [5, 5.41) is 0. The summed E-state index contributed by atoms with van der Waals surface area (Å²) in [6.07, 6.45) is 7.19. The van der Waals surface area contributed by atoms with Crippen LogP contribution in [-0.2, 0) is 4.79 Å². The molecule has 2 unspecified atom stereocenters. The molecule has 0 spiro atoms. The van der Waals surface area contributed by atoms with E-state index in [1.54, 1.807) is 0 Å². The molecule has 0 aromatic carbocycles. The lowest BCUT2D eigenvalue weighted by Gasteiger charge is -2.37. The van der Waals surface area contributed by atoms with Crippen molar-refractivity contribution in [2.45, 2.75) is 50.3 Å². The van der Waals surface area contributed by atoms with Gasteiger partial charge in [0.2, 0.25) is 5.91 Å². The molecule has 0 radical (unpaired) electrons. The van der Waals surface area contributed by atoms with Gasteiger partial charge < -0.3 is 4.90 Å². The summed E-state index contributed by atoms with van der Waals surface area (Å²) in [6, 6.07) is 0. The van der Waals surface area contributed by atoms with Gasteiger partial charge in [0.1, 0.15) is 0 Å². The number of likely N-dealkylation sites (tertiary alicyclic amines) is 1. The first-order chi connectivity index (χ1) is 7.68. The zero-order valence-corrected chi connectivity index (χ0v) is 11.7. The van der Waals surface area contributed by atoms with Crippen LogP contribution in [0.4, 0.5) is 0 Å². The third kappa shape index (κ3) is 2.79. The Morgan fingerprint density at radius 3 is 2.50 bits per heavy atom. The highest BCUT2D eigenvalue weighted by atomic mass is 79.9. The minimum absolute atomic E-state index is 0.341. The molecule has 2 atom stereocenters. The van der Waals surface area contributed by atoms with Crippen molar-refractivity contribution in [2.24, 2.45) is 11.8 Å². The van der Waals surface area contributed by atoms with Gasteiger partial charge >= 0.3 is 0 Å². The number of hydrogen-bond acceptors (Lipinski definition) is 1. The van der Waals surface area contributed by atoms with E-state index < -0.39 is 0 Å². The maximum Gasteiger partial charge on any atom is 0.225 e. The zero-order valence-electron chi connectivity index (χ0n) is 10.1. The van der Waals surface area contributed by atoms with Gasteiger partial charge in [-0.25, -0.2) is 0 Å². The molecule has 0 bridgehead atoms. The molecule has 0 aromatic rings. The van der Waals surface area contributed by atoms with Gasteiger partial charge in [0, 0.05) is 23.8 Å². The number of carbonyl (C=O) groups is 1. The normalized spacial score (nSPS) is 32.8. The second-order valence-electron chi connectivity index (χ2n) is 5.40. The molecule has 3 heteroatoms. The lowest BCUT2D eigenvalue weighted by molar-refractivity contribution is -0.138. The van der Waals surface area contributed by atoms with Gasteiger partial charge in [-0.05, 0) is 25.2 Å². The summed E-state index contributed by atoms with van der Waals surface area (Å²) < 4.78 is 0. The quantitative estimate of drug-likeness (QED) is 0.679. The van der Waals surface area contributed by atoms with Crippen LogP contribution in [0.3, 0.4) is 0 Å². The first kappa shape index (κ1) is 12.4. The third-order valence-electron chi connectivity index (χ3n) is 4.07. The summed E-state index contributed by atoms with van der Waals surface area (Å²) in [7, 11) is 0. The van der Waals surface area contributed by atoms with Gasteiger partial charge in [-0.2, -0.15) is 0 Å². The molecule has 1 heterocycles. The molecule has 1 saturated carbocycles. The van der Waals surface area contributed by atoms with Crippen LogP contribution in [0.15, 0.2) is 0 Å². The second-order valence-corrected chi connectivity index (χ2v) is 6.58. The summed E-state index contributed by atoms with van der Waals surface area (Å²) in [6.45, 7) is 4.14. The molecule has 1 saturated heterocycles. The minimum atomic E-state index is 0.341. The molecule has 2 rings (SSSR count). The smallest absolute Gasteiger partial charge is 0.225 e. The van der Waals surface area contributed by atoms with Crippen molar-refractivity contribution < 1.29 is 4.79 Å². The summed E-state index contributed by atoms with van der Waals surface area (Å²) in [5.41, 5.74) is 0. The molecular formula is C13H22BrNO. The lowest BCUT2D eigenvalue weighted by atomic mass is 9.87. The average molecular weight is 288 g/mol. The molecule has 2 nitrogen and oxygen atoms in total. The fourth-order valence-electron chi connectivity index (χ4n) is 2.92. The van der Waals surface area contributed by atoms with Gasteiger partial charge in [0.25, 0.3) is 0 Å². The van der Waals surface area contributed by atoms with Crippen molar-refractivity contribution in [1.82, 2.24) is 4.90 Å². The van der Waals surface area contributed by atoms with Crippen LogP contribution in [0, 0.1) is 11.8 Å². The summed E-state index contributed by atoms with van der Waals surface area (Å²) in [4.78, 5) is 15.0. The first-order valence-corrected chi connectivity index (χ1v) is 7.53. The van der Waals surface area contributed by atoms with E-state index in [4.69, 9.17) is 0 Å². The number of rotatable bonds is 1. The number of carbonyl (C=O) groups excluding carboxylic acids is 1. The van der Waals surface area contributed by atoms with E-state index in [0.29, 0.717) is 22.6 Å². The largest absolute Gasteiger partial charge is 0.342 e. The number of alkyl halides is 1. The van der Waals surface area contributed by atoms with Crippen molar-refractivity contribution in [3.05, 3.63) is 0 Å². The molecule has 2 fully saturated rings. The number of halogens is 1. The van der Waals surface area contributed by atoms with Crippen LogP contribution in [0.1, 0.15) is 45.4 Å². The predicted molar refractivity (Wildman–Crippen MR) is 69.7 cm³/mol. The van der Waals surface area contributed by atoms with Crippen molar-refractivity contribution in [1.29, 1.82) is 0 Å². The standard InChI is InChI=1S/C13H22BrNO/c1-10-9-15(8-7-12(10)14)13(16)11-5-3-2-4-6-11/h10-12H,2-9H2,1H3. The van der Waals surface area contributed by atoms with E-state index in [-0.39, 0.29) is 0 Å². The number of nitrogens with zero attached hydrogens (tertiary/aromatic N) is 1. The number of amides is 1. The lowest BCUT2D eigenvalue weighted by Crippen LogP contribution is -2.46. The van der Waals surface area contributed by atoms with E-state index in [1.807, 2.05) is 0 Å². The van der Waals surface area contributed by atoms with Crippen LogP contribution in [0.5, 0.6) is 0 Å². The number of piperidine rings is 1. The van der Waals surface area contributed by atoms with Crippen LogP contribution in [-0.4, -0.2) is 28.7 Å². The SMILES string of the molecule is CC1CN(C(=O)C2CCCCC2)CCC1Br. The Balaban J connectivity index is 1.89. The Labute approximate surface area is 107 Å². The van der Waals surface area contributed by atoms with Gasteiger partial charge in [0.15, 0.2) is 0 Å². The molecule has 16 heavy (non-hydrogen) atoms. The molecular weight excluding hydrogens is 266 g/mol.